The molecule has 18 heavy (non-hydrogen) atoms. The molecule has 0 spiro atoms. The summed E-state index contributed by atoms with van der Waals surface area (Å²) in [5, 5.41) is 10.6. The molecule has 102 valence electrons. The van der Waals surface area contributed by atoms with Crippen molar-refractivity contribution in [3.05, 3.63) is 21.3 Å². The van der Waals surface area contributed by atoms with Gasteiger partial charge in [-0.2, -0.15) is 0 Å². The molecule has 1 atom stereocenters. The molecule has 1 N–H and O–H groups in total. The van der Waals surface area contributed by atoms with E-state index in [9.17, 15) is 5.11 Å². The van der Waals surface area contributed by atoms with Crippen molar-refractivity contribution < 1.29 is 9.84 Å². The first-order valence-corrected chi connectivity index (χ1v) is 7.56. The van der Waals surface area contributed by atoms with Gasteiger partial charge < -0.3 is 9.84 Å². The predicted molar refractivity (Wildman–Crippen MR) is 76.3 cm³/mol. The summed E-state index contributed by atoms with van der Waals surface area (Å²) in [5.41, 5.74) is -0.0848. The number of aliphatic hydroxyl groups is 1. The monoisotopic (exact) mass is 288 g/mol. The lowest BCUT2D eigenvalue weighted by atomic mass is 9.69. The highest BCUT2D eigenvalue weighted by Crippen LogP contribution is 2.48. The Morgan fingerprint density at radius 2 is 1.89 bits per heavy atom. The van der Waals surface area contributed by atoms with E-state index >= 15 is 0 Å². The van der Waals surface area contributed by atoms with Crippen molar-refractivity contribution in [1.29, 1.82) is 0 Å². The Morgan fingerprint density at radius 3 is 2.33 bits per heavy atom. The SMILES string of the molecule is COC1(C(O)c2ccc(Cl)s2)CCC(C)(C)CC1. The Bertz CT molecular complexity index is 404. The molecule has 0 aromatic carbocycles. The van der Waals surface area contributed by atoms with Crippen molar-refractivity contribution in [2.24, 2.45) is 5.41 Å². The van der Waals surface area contributed by atoms with E-state index in [1.54, 1.807) is 7.11 Å². The Kier molecular flexibility index (Phi) is 4.07. The zero-order chi connectivity index (χ0) is 13.4. The molecule has 0 aliphatic heterocycles. The summed E-state index contributed by atoms with van der Waals surface area (Å²) in [4.78, 5) is 0.904. The van der Waals surface area contributed by atoms with Crippen LogP contribution in [-0.2, 0) is 4.74 Å². The van der Waals surface area contributed by atoms with Gasteiger partial charge in [0, 0.05) is 12.0 Å². The van der Waals surface area contributed by atoms with E-state index in [0.29, 0.717) is 9.75 Å². The van der Waals surface area contributed by atoms with Crippen LogP contribution in [0.4, 0.5) is 0 Å². The Labute approximate surface area is 118 Å². The number of methoxy groups -OCH3 is 1. The van der Waals surface area contributed by atoms with Crippen molar-refractivity contribution in [1.82, 2.24) is 0 Å². The molecule has 0 radical (unpaired) electrons. The fraction of sp³-hybridized carbons (Fsp3) is 0.714. The molecule has 1 fully saturated rings. The highest BCUT2D eigenvalue weighted by Gasteiger charge is 2.44. The van der Waals surface area contributed by atoms with Gasteiger partial charge in [-0.3, -0.25) is 0 Å². The number of halogens is 1. The standard InChI is InChI=1S/C14H21ClO2S/c1-13(2)6-8-14(17-3,9-7-13)12(16)10-4-5-11(15)18-10/h4-5,12,16H,6-9H2,1-3H3. The summed E-state index contributed by atoms with van der Waals surface area (Å²) in [6.07, 6.45) is 3.38. The smallest absolute Gasteiger partial charge is 0.117 e. The minimum absolute atomic E-state index is 0.356. The molecule has 1 unspecified atom stereocenters. The molecule has 2 nitrogen and oxygen atoms in total. The van der Waals surface area contributed by atoms with E-state index in [4.69, 9.17) is 16.3 Å². The van der Waals surface area contributed by atoms with Crippen LogP contribution in [0.15, 0.2) is 12.1 Å². The van der Waals surface area contributed by atoms with Crippen LogP contribution in [0.2, 0.25) is 4.34 Å². The van der Waals surface area contributed by atoms with Crippen molar-refractivity contribution in [3.63, 3.8) is 0 Å². The van der Waals surface area contributed by atoms with Crippen LogP contribution in [0, 0.1) is 5.41 Å². The van der Waals surface area contributed by atoms with E-state index in [0.717, 1.165) is 30.6 Å². The van der Waals surface area contributed by atoms with Gasteiger partial charge in [-0.25, -0.2) is 0 Å². The van der Waals surface area contributed by atoms with Crippen LogP contribution in [0.3, 0.4) is 0 Å². The molecule has 1 heterocycles. The number of hydrogen-bond acceptors (Lipinski definition) is 3. The van der Waals surface area contributed by atoms with Gasteiger partial charge in [0.1, 0.15) is 6.10 Å². The molecular formula is C14H21ClO2S. The number of aliphatic hydroxyl groups excluding tert-OH is 1. The third kappa shape index (κ3) is 2.74. The molecule has 1 aliphatic rings. The first-order valence-electron chi connectivity index (χ1n) is 6.37. The maximum absolute atomic E-state index is 10.6. The predicted octanol–water partition coefficient (Wildman–Crippen LogP) is 4.42. The van der Waals surface area contributed by atoms with Crippen molar-refractivity contribution in [3.8, 4) is 0 Å². The Morgan fingerprint density at radius 1 is 1.28 bits per heavy atom. The first-order chi connectivity index (χ1) is 8.38. The largest absolute Gasteiger partial charge is 0.385 e. The van der Waals surface area contributed by atoms with E-state index in [1.807, 2.05) is 12.1 Å². The quantitative estimate of drug-likeness (QED) is 0.892. The normalized spacial score (nSPS) is 23.8. The van der Waals surface area contributed by atoms with Crippen LogP contribution >= 0.6 is 22.9 Å². The summed E-state index contributed by atoms with van der Waals surface area (Å²) in [7, 11) is 1.71. The number of thiophene rings is 1. The lowest BCUT2D eigenvalue weighted by Crippen LogP contribution is -2.43. The van der Waals surface area contributed by atoms with Gasteiger partial charge >= 0.3 is 0 Å². The van der Waals surface area contributed by atoms with Crippen molar-refractivity contribution >= 4 is 22.9 Å². The zero-order valence-electron chi connectivity index (χ0n) is 11.2. The van der Waals surface area contributed by atoms with Gasteiger partial charge in [0.05, 0.1) is 9.94 Å². The van der Waals surface area contributed by atoms with Gasteiger partial charge in [-0.1, -0.05) is 25.4 Å². The molecule has 0 bridgehead atoms. The number of rotatable bonds is 3. The van der Waals surface area contributed by atoms with E-state index in [1.165, 1.54) is 11.3 Å². The molecule has 4 heteroatoms. The summed E-state index contributed by atoms with van der Waals surface area (Å²) < 4.78 is 6.43. The van der Waals surface area contributed by atoms with Crippen molar-refractivity contribution in [2.75, 3.05) is 7.11 Å². The highest BCUT2D eigenvalue weighted by molar-refractivity contribution is 7.16. The maximum atomic E-state index is 10.6. The highest BCUT2D eigenvalue weighted by atomic mass is 35.5. The van der Waals surface area contributed by atoms with Crippen LogP contribution in [0.5, 0.6) is 0 Å². The van der Waals surface area contributed by atoms with E-state index in [-0.39, 0.29) is 0 Å². The zero-order valence-corrected chi connectivity index (χ0v) is 12.8. The summed E-state index contributed by atoms with van der Waals surface area (Å²) in [5.74, 6) is 0. The summed E-state index contributed by atoms with van der Waals surface area (Å²) >= 11 is 7.38. The van der Waals surface area contributed by atoms with Crippen LogP contribution in [0.1, 0.15) is 50.5 Å². The molecule has 1 saturated carbocycles. The van der Waals surface area contributed by atoms with E-state index in [2.05, 4.69) is 13.8 Å². The van der Waals surface area contributed by atoms with Crippen molar-refractivity contribution in [2.45, 2.75) is 51.2 Å². The molecule has 2 rings (SSSR count). The molecule has 0 saturated heterocycles. The first kappa shape index (κ1) is 14.3. The maximum Gasteiger partial charge on any atom is 0.117 e. The number of hydrogen-bond donors (Lipinski definition) is 1. The third-order valence-electron chi connectivity index (χ3n) is 4.22. The fourth-order valence-corrected chi connectivity index (χ4v) is 3.83. The van der Waals surface area contributed by atoms with Gasteiger partial charge in [-0.05, 0) is 43.2 Å². The fourth-order valence-electron chi connectivity index (χ4n) is 2.67. The lowest BCUT2D eigenvalue weighted by molar-refractivity contribution is -0.137. The van der Waals surface area contributed by atoms with Gasteiger partial charge in [-0.15, -0.1) is 11.3 Å². The molecule has 1 aromatic rings. The minimum atomic E-state index is -0.573. The van der Waals surface area contributed by atoms with Gasteiger partial charge in [0.15, 0.2) is 0 Å². The topological polar surface area (TPSA) is 29.5 Å². The average molecular weight is 289 g/mol. The van der Waals surface area contributed by atoms with Gasteiger partial charge in [0.25, 0.3) is 0 Å². The lowest BCUT2D eigenvalue weighted by Gasteiger charge is -2.45. The van der Waals surface area contributed by atoms with Crippen LogP contribution < -0.4 is 0 Å². The van der Waals surface area contributed by atoms with Gasteiger partial charge in [0.2, 0.25) is 0 Å². The summed E-state index contributed by atoms with van der Waals surface area (Å²) in [6.45, 7) is 4.56. The third-order valence-corrected chi connectivity index (χ3v) is 5.50. The minimum Gasteiger partial charge on any atom is -0.385 e. The molecule has 0 amide bonds. The van der Waals surface area contributed by atoms with Crippen LogP contribution in [0.25, 0.3) is 0 Å². The molecular weight excluding hydrogens is 268 g/mol. The second kappa shape index (κ2) is 5.12. The average Bonchev–Trinajstić information content (AvgIpc) is 2.76. The summed E-state index contributed by atoms with van der Waals surface area (Å²) in [6, 6.07) is 3.74. The Balaban J connectivity index is 2.18. The Hall–Kier alpha value is -0.0900. The number of ether oxygens (including phenoxy) is 1. The molecule has 1 aromatic heterocycles. The second-order valence-corrected chi connectivity index (χ2v) is 7.72. The second-order valence-electron chi connectivity index (χ2n) is 5.98. The van der Waals surface area contributed by atoms with Crippen LogP contribution in [-0.4, -0.2) is 17.8 Å². The van der Waals surface area contributed by atoms with E-state index < -0.39 is 11.7 Å². The molecule has 1 aliphatic carbocycles.